The molecule has 106 valence electrons. The first-order chi connectivity index (χ1) is 8.93. The molecule has 0 saturated heterocycles. The molecule has 3 unspecified atom stereocenters. The highest BCUT2D eigenvalue weighted by atomic mass is 19.4. The summed E-state index contributed by atoms with van der Waals surface area (Å²) in [6.07, 6.45) is 0.874. The lowest BCUT2D eigenvalue weighted by atomic mass is 9.89. The second-order valence-corrected chi connectivity index (χ2v) is 5.28. The van der Waals surface area contributed by atoms with Crippen LogP contribution in [0.2, 0.25) is 0 Å². The lowest BCUT2D eigenvalue weighted by Gasteiger charge is -2.25. The summed E-state index contributed by atoms with van der Waals surface area (Å²) in [5, 5.41) is 0. The van der Waals surface area contributed by atoms with E-state index in [1.54, 1.807) is 0 Å². The topological polar surface area (TPSA) is 50.9 Å². The molecule has 0 amide bonds. The molecule has 0 aliphatic heterocycles. The number of rotatable bonds is 3. The molecular weight excluding hydrogens is 255 g/mol. The van der Waals surface area contributed by atoms with Gasteiger partial charge in [0.05, 0.1) is 11.6 Å². The van der Waals surface area contributed by atoms with Crippen LogP contribution in [-0.2, 0) is 6.18 Å². The van der Waals surface area contributed by atoms with Crippen LogP contribution < -0.4 is 11.3 Å². The molecular formula is C13H18F3N3. The summed E-state index contributed by atoms with van der Waals surface area (Å²) in [6.45, 7) is 2.11. The minimum atomic E-state index is -4.38. The van der Waals surface area contributed by atoms with Crippen LogP contribution in [0.3, 0.4) is 0 Å². The molecule has 1 heterocycles. The Morgan fingerprint density at radius 1 is 1.42 bits per heavy atom. The van der Waals surface area contributed by atoms with E-state index < -0.39 is 17.8 Å². The van der Waals surface area contributed by atoms with Crippen LogP contribution in [0.15, 0.2) is 18.5 Å². The number of hydrogen-bond acceptors (Lipinski definition) is 3. The van der Waals surface area contributed by atoms with Gasteiger partial charge in [-0.1, -0.05) is 13.3 Å². The molecule has 0 spiro atoms. The zero-order valence-corrected chi connectivity index (χ0v) is 10.7. The Morgan fingerprint density at radius 2 is 2.16 bits per heavy atom. The van der Waals surface area contributed by atoms with E-state index in [2.05, 4.69) is 17.3 Å². The molecule has 1 aromatic heterocycles. The summed E-state index contributed by atoms with van der Waals surface area (Å²) in [4.78, 5) is 3.82. The maximum Gasteiger partial charge on any atom is 0.416 e. The maximum absolute atomic E-state index is 13.0. The van der Waals surface area contributed by atoms with Gasteiger partial charge in [-0.2, -0.15) is 13.2 Å². The van der Waals surface area contributed by atoms with Crippen LogP contribution in [-0.4, -0.2) is 4.98 Å². The normalized spacial score (nSPS) is 25.5. The van der Waals surface area contributed by atoms with Crippen LogP contribution in [0, 0.1) is 11.8 Å². The Kier molecular flexibility index (Phi) is 4.10. The molecule has 1 aromatic rings. The van der Waals surface area contributed by atoms with Crippen molar-refractivity contribution in [2.75, 3.05) is 0 Å². The zero-order valence-electron chi connectivity index (χ0n) is 10.7. The van der Waals surface area contributed by atoms with Crippen molar-refractivity contribution in [3.8, 4) is 0 Å². The molecule has 0 radical (unpaired) electrons. The summed E-state index contributed by atoms with van der Waals surface area (Å²) in [5.41, 5.74) is 2.05. The highest BCUT2D eigenvalue weighted by molar-refractivity contribution is 5.30. The van der Waals surface area contributed by atoms with Crippen molar-refractivity contribution in [3.05, 3.63) is 29.6 Å². The first-order valence-electron chi connectivity index (χ1n) is 6.40. The van der Waals surface area contributed by atoms with Gasteiger partial charge in [0, 0.05) is 18.0 Å². The number of alkyl halides is 3. The minimum Gasteiger partial charge on any atom is -0.271 e. The quantitative estimate of drug-likeness (QED) is 0.657. The predicted molar refractivity (Wildman–Crippen MR) is 65.8 cm³/mol. The van der Waals surface area contributed by atoms with Gasteiger partial charge < -0.3 is 0 Å². The van der Waals surface area contributed by atoms with E-state index in [-0.39, 0.29) is 11.5 Å². The Hall–Kier alpha value is -1.14. The van der Waals surface area contributed by atoms with Crippen molar-refractivity contribution in [2.45, 2.75) is 38.4 Å². The smallest absolute Gasteiger partial charge is 0.271 e. The SMILES string of the molecule is CC1CCC(C(NN)c2cnccc2C(F)(F)F)C1. The summed E-state index contributed by atoms with van der Waals surface area (Å²) < 4.78 is 39.0. The molecule has 2 rings (SSSR count). The van der Waals surface area contributed by atoms with Crippen molar-refractivity contribution in [1.82, 2.24) is 10.4 Å². The highest BCUT2D eigenvalue weighted by Crippen LogP contribution is 2.42. The lowest BCUT2D eigenvalue weighted by molar-refractivity contribution is -0.138. The molecule has 0 aromatic carbocycles. The molecule has 1 fully saturated rings. The molecule has 1 aliphatic rings. The third-order valence-corrected chi connectivity index (χ3v) is 3.88. The monoisotopic (exact) mass is 273 g/mol. The fraction of sp³-hybridized carbons (Fsp3) is 0.615. The van der Waals surface area contributed by atoms with Gasteiger partial charge in [0.1, 0.15) is 0 Å². The fourth-order valence-electron chi connectivity index (χ4n) is 2.95. The Balaban J connectivity index is 2.33. The van der Waals surface area contributed by atoms with Gasteiger partial charge in [-0.25, -0.2) is 0 Å². The molecule has 3 atom stereocenters. The van der Waals surface area contributed by atoms with Gasteiger partial charge in [-0.15, -0.1) is 0 Å². The second kappa shape index (κ2) is 5.46. The minimum absolute atomic E-state index is 0.130. The summed E-state index contributed by atoms with van der Waals surface area (Å²) in [7, 11) is 0. The van der Waals surface area contributed by atoms with Gasteiger partial charge in [-0.3, -0.25) is 16.3 Å². The highest BCUT2D eigenvalue weighted by Gasteiger charge is 2.38. The second-order valence-electron chi connectivity index (χ2n) is 5.28. The van der Waals surface area contributed by atoms with Crippen molar-refractivity contribution >= 4 is 0 Å². The van der Waals surface area contributed by atoms with Gasteiger partial charge in [0.15, 0.2) is 0 Å². The van der Waals surface area contributed by atoms with E-state index >= 15 is 0 Å². The van der Waals surface area contributed by atoms with E-state index in [9.17, 15) is 13.2 Å². The number of nitrogens with one attached hydrogen (secondary N) is 1. The Labute approximate surface area is 110 Å². The molecule has 1 saturated carbocycles. The summed E-state index contributed by atoms with van der Waals surface area (Å²) >= 11 is 0. The van der Waals surface area contributed by atoms with Crippen molar-refractivity contribution < 1.29 is 13.2 Å². The van der Waals surface area contributed by atoms with Crippen molar-refractivity contribution in [1.29, 1.82) is 0 Å². The van der Waals surface area contributed by atoms with E-state index in [1.165, 1.54) is 6.20 Å². The number of hydrazine groups is 1. The predicted octanol–water partition coefficient (Wildman–Crippen LogP) is 3.04. The van der Waals surface area contributed by atoms with Crippen molar-refractivity contribution in [2.24, 2.45) is 17.7 Å². The van der Waals surface area contributed by atoms with Gasteiger partial charge in [0.2, 0.25) is 0 Å². The number of pyridine rings is 1. The molecule has 1 aliphatic carbocycles. The number of aromatic nitrogens is 1. The van der Waals surface area contributed by atoms with Crippen LogP contribution >= 0.6 is 0 Å². The standard InChI is InChI=1S/C13H18F3N3/c1-8-2-3-9(6-8)12(19-17)10-7-18-5-4-11(10)13(14,15)16/h4-5,7-9,12,19H,2-3,6,17H2,1H3. The van der Waals surface area contributed by atoms with E-state index in [0.717, 1.165) is 31.5 Å². The van der Waals surface area contributed by atoms with Crippen LogP contribution in [0.1, 0.15) is 43.4 Å². The van der Waals surface area contributed by atoms with Gasteiger partial charge >= 0.3 is 6.18 Å². The van der Waals surface area contributed by atoms with Crippen LogP contribution in [0.25, 0.3) is 0 Å². The molecule has 0 bridgehead atoms. The lowest BCUT2D eigenvalue weighted by Crippen LogP contribution is -2.34. The summed E-state index contributed by atoms with van der Waals surface area (Å²) in [6, 6.07) is 0.521. The third-order valence-electron chi connectivity index (χ3n) is 3.88. The van der Waals surface area contributed by atoms with Crippen LogP contribution in [0.5, 0.6) is 0 Å². The van der Waals surface area contributed by atoms with E-state index in [4.69, 9.17) is 5.84 Å². The average Bonchev–Trinajstić information content (AvgIpc) is 2.76. The number of halogens is 3. The molecule has 19 heavy (non-hydrogen) atoms. The average molecular weight is 273 g/mol. The van der Waals surface area contributed by atoms with Gasteiger partial charge in [-0.05, 0) is 30.7 Å². The Morgan fingerprint density at radius 3 is 2.68 bits per heavy atom. The largest absolute Gasteiger partial charge is 0.416 e. The zero-order chi connectivity index (χ0) is 14.0. The first kappa shape index (κ1) is 14.3. The Bertz CT molecular complexity index is 433. The molecule has 3 nitrogen and oxygen atoms in total. The third kappa shape index (κ3) is 3.06. The molecule has 6 heteroatoms. The van der Waals surface area contributed by atoms with Crippen molar-refractivity contribution in [3.63, 3.8) is 0 Å². The fourth-order valence-corrected chi connectivity index (χ4v) is 2.95. The first-order valence-corrected chi connectivity index (χ1v) is 6.40. The molecule has 3 N–H and O–H groups in total. The maximum atomic E-state index is 13.0. The number of hydrogen-bond donors (Lipinski definition) is 2. The number of nitrogens with two attached hydrogens (primary N) is 1. The van der Waals surface area contributed by atoms with E-state index in [0.29, 0.717) is 5.92 Å². The van der Waals surface area contributed by atoms with E-state index in [1.807, 2.05) is 0 Å². The van der Waals surface area contributed by atoms with Crippen LogP contribution in [0.4, 0.5) is 13.2 Å². The van der Waals surface area contributed by atoms with Gasteiger partial charge in [0.25, 0.3) is 0 Å². The number of nitrogens with zero attached hydrogens (tertiary/aromatic N) is 1. The summed E-state index contributed by atoms with van der Waals surface area (Å²) in [5.74, 6) is 6.16.